The number of ether oxygens (including phenoxy) is 2. The van der Waals surface area contributed by atoms with Crippen molar-refractivity contribution in [1.29, 1.82) is 0 Å². The third kappa shape index (κ3) is 2.74. The zero-order valence-corrected chi connectivity index (χ0v) is 14.6. The maximum Gasteiger partial charge on any atom is 0.325 e. The number of nitrogens with one attached hydrogen (secondary N) is 1. The second kappa shape index (κ2) is 6.07. The van der Waals surface area contributed by atoms with Crippen LogP contribution in [0, 0.1) is 0 Å². The van der Waals surface area contributed by atoms with Gasteiger partial charge in [-0.2, -0.15) is 0 Å². The molecule has 6 nitrogen and oxygen atoms in total. The second-order valence-corrected chi connectivity index (χ2v) is 7.23. The second-order valence-electron chi connectivity index (χ2n) is 6.20. The number of benzene rings is 1. The lowest BCUT2D eigenvalue weighted by Gasteiger charge is -2.25. The van der Waals surface area contributed by atoms with Crippen LogP contribution in [-0.2, 0) is 16.8 Å². The van der Waals surface area contributed by atoms with Gasteiger partial charge >= 0.3 is 6.03 Å². The molecule has 1 aromatic carbocycles. The Kier molecular flexibility index (Phi) is 3.88. The molecule has 1 fully saturated rings. The Hall–Kier alpha value is -2.54. The number of carbonyl (C=O) groups is 2. The van der Waals surface area contributed by atoms with Crippen LogP contribution in [0.2, 0.25) is 0 Å². The van der Waals surface area contributed by atoms with Gasteiger partial charge in [-0.05, 0) is 42.5 Å². The van der Waals surface area contributed by atoms with Crippen molar-refractivity contribution in [2.24, 2.45) is 0 Å². The Morgan fingerprint density at radius 2 is 2.00 bits per heavy atom. The molecule has 1 N–H and O–H groups in total. The highest BCUT2D eigenvalue weighted by Crippen LogP contribution is 2.36. The normalized spacial score (nSPS) is 22.2. The summed E-state index contributed by atoms with van der Waals surface area (Å²) in [5.41, 5.74) is -0.406. The molecule has 2 aromatic rings. The van der Waals surface area contributed by atoms with E-state index < -0.39 is 5.54 Å². The van der Waals surface area contributed by atoms with Crippen LogP contribution in [0.25, 0.3) is 0 Å². The summed E-state index contributed by atoms with van der Waals surface area (Å²) in [7, 11) is 0. The zero-order valence-electron chi connectivity index (χ0n) is 13.8. The van der Waals surface area contributed by atoms with Gasteiger partial charge in [0, 0.05) is 11.4 Å². The molecule has 130 valence electrons. The molecule has 0 radical (unpaired) electrons. The van der Waals surface area contributed by atoms with Gasteiger partial charge in [-0.25, -0.2) is 4.79 Å². The van der Waals surface area contributed by atoms with Crippen LogP contribution in [0.4, 0.5) is 4.79 Å². The van der Waals surface area contributed by atoms with Crippen molar-refractivity contribution in [2.75, 3.05) is 19.8 Å². The molecule has 0 spiro atoms. The molecule has 0 aliphatic carbocycles. The number of urea groups is 1. The third-order valence-corrected chi connectivity index (χ3v) is 5.49. The highest BCUT2D eigenvalue weighted by molar-refractivity contribution is 7.09. The van der Waals surface area contributed by atoms with Gasteiger partial charge in [0.1, 0.15) is 18.8 Å². The van der Waals surface area contributed by atoms with Gasteiger partial charge < -0.3 is 14.8 Å². The quantitative estimate of drug-likeness (QED) is 0.853. The van der Waals surface area contributed by atoms with Crippen molar-refractivity contribution < 1.29 is 19.1 Å². The SMILES string of the molecule is C[C@@]1(c2ccc3c(c2)OCCO3)NC(=O)N(CCc2cccs2)C1=O. The molecule has 1 aromatic heterocycles. The molecule has 2 aliphatic heterocycles. The first-order valence-corrected chi connectivity index (χ1v) is 9.02. The Balaban J connectivity index is 1.57. The van der Waals surface area contributed by atoms with Crippen molar-refractivity contribution in [1.82, 2.24) is 10.2 Å². The number of rotatable bonds is 4. The van der Waals surface area contributed by atoms with Crippen molar-refractivity contribution >= 4 is 23.3 Å². The number of carbonyl (C=O) groups excluding carboxylic acids is 2. The number of imide groups is 1. The van der Waals surface area contributed by atoms with Crippen LogP contribution in [0.3, 0.4) is 0 Å². The van der Waals surface area contributed by atoms with Crippen LogP contribution < -0.4 is 14.8 Å². The summed E-state index contributed by atoms with van der Waals surface area (Å²) in [6, 6.07) is 8.96. The van der Waals surface area contributed by atoms with E-state index in [1.54, 1.807) is 36.5 Å². The molecule has 25 heavy (non-hydrogen) atoms. The summed E-state index contributed by atoms with van der Waals surface area (Å²) in [5, 5.41) is 4.81. The van der Waals surface area contributed by atoms with E-state index in [-0.39, 0.29) is 11.9 Å². The summed E-state index contributed by atoms with van der Waals surface area (Å²) in [4.78, 5) is 27.7. The average molecular weight is 358 g/mol. The number of hydrogen-bond acceptors (Lipinski definition) is 5. The molecule has 0 unspecified atom stereocenters. The summed E-state index contributed by atoms with van der Waals surface area (Å²) < 4.78 is 11.1. The average Bonchev–Trinajstić information content (AvgIpc) is 3.21. The fraction of sp³-hybridized carbons (Fsp3) is 0.333. The smallest absolute Gasteiger partial charge is 0.325 e. The number of hydrogen-bond donors (Lipinski definition) is 1. The first-order valence-electron chi connectivity index (χ1n) is 8.14. The van der Waals surface area contributed by atoms with E-state index in [9.17, 15) is 9.59 Å². The Morgan fingerprint density at radius 3 is 2.76 bits per heavy atom. The fourth-order valence-corrected chi connectivity index (χ4v) is 3.83. The summed E-state index contributed by atoms with van der Waals surface area (Å²) >= 11 is 1.62. The molecule has 0 saturated carbocycles. The monoisotopic (exact) mass is 358 g/mol. The van der Waals surface area contributed by atoms with Crippen LogP contribution in [0.5, 0.6) is 11.5 Å². The highest BCUT2D eigenvalue weighted by atomic mass is 32.1. The minimum Gasteiger partial charge on any atom is -0.486 e. The maximum absolute atomic E-state index is 12.9. The lowest BCUT2D eigenvalue weighted by molar-refractivity contribution is -0.131. The predicted molar refractivity (Wildman–Crippen MR) is 93.1 cm³/mol. The number of amides is 3. The minimum absolute atomic E-state index is 0.245. The maximum atomic E-state index is 12.9. The predicted octanol–water partition coefficient (Wildman–Crippen LogP) is 2.53. The number of nitrogens with zero attached hydrogens (tertiary/aromatic N) is 1. The van der Waals surface area contributed by atoms with Gasteiger partial charge in [0.25, 0.3) is 5.91 Å². The molecular formula is C18H18N2O4S. The van der Waals surface area contributed by atoms with E-state index in [1.165, 1.54) is 4.90 Å². The van der Waals surface area contributed by atoms with Crippen molar-refractivity contribution in [3.05, 3.63) is 46.2 Å². The third-order valence-electron chi connectivity index (χ3n) is 4.56. The largest absolute Gasteiger partial charge is 0.486 e. The lowest BCUT2D eigenvalue weighted by atomic mass is 9.91. The molecule has 3 amide bonds. The highest BCUT2D eigenvalue weighted by Gasteiger charge is 2.49. The number of fused-ring (bicyclic) bond motifs is 1. The van der Waals surface area contributed by atoms with Crippen molar-refractivity contribution in [2.45, 2.75) is 18.9 Å². The first-order chi connectivity index (χ1) is 12.1. The Bertz CT molecular complexity index is 820. The topological polar surface area (TPSA) is 67.9 Å². The van der Waals surface area contributed by atoms with Crippen LogP contribution >= 0.6 is 11.3 Å². The van der Waals surface area contributed by atoms with E-state index in [4.69, 9.17) is 9.47 Å². The molecule has 3 heterocycles. The van der Waals surface area contributed by atoms with Crippen LogP contribution in [0.1, 0.15) is 17.4 Å². The lowest BCUT2D eigenvalue weighted by Crippen LogP contribution is -2.41. The molecule has 1 atom stereocenters. The van der Waals surface area contributed by atoms with Gasteiger partial charge in [-0.1, -0.05) is 12.1 Å². The van der Waals surface area contributed by atoms with Gasteiger partial charge in [0.15, 0.2) is 11.5 Å². The van der Waals surface area contributed by atoms with Gasteiger partial charge in [-0.15, -0.1) is 11.3 Å². The van der Waals surface area contributed by atoms with Crippen molar-refractivity contribution in [3.8, 4) is 11.5 Å². The van der Waals surface area contributed by atoms with Crippen molar-refractivity contribution in [3.63, 3.8) is 0 Å². The standard InChI is InChI=1S/C18H18N2O4S/c1-18(12-4-5-14-15(11-12)24-9-8-23-14)16(21)20(17(22)19-18)7-6-13-3-2-10-25-13/h2-5,10-11H,6-9H2,1H3,(H,19,22)/t18-/m0/s1. The molecule has 1 saturated heterocycles. The van der Waals surface area contributed by atoms with E-state index in [0.29, 0.717) is 43.2 Å². The van der Waals surface area contributed by atoms with Gasteiger partial charge in [0.05, 0.1) is 0 Å². The Labute approximate surface area is 149 Å². The minimum atomic E-state index is -1.09. The molecule has 4 rings (SSSR count). The van der Waals surface area contributed by atoms with Crippen LogP contribution in [-0.4, -0.2) is 36.6 Å². The molecular weight excluding hydrogens is 340 g/mol. The Morgan fingerprint density at radius 1 is 1.20 bits per heavy atom. The van der Waals surface area contributed by atoms with Crippen LogP contribution in [0.15, 0.2) is 35.7 Å². The number of thiophene rings is 1. The molecule has 7 heteroatoms. The molecule has 2 aliphatic rings. The molecule has 0 bridgehead atoms. The summed E-state index contributed by atoms with van der Waals surface area (Å²) in [6.45, 7) is 3.07. The van der Waals surface area contributed by atoms with Gasteiger partial charge in [0.2, 0.25) is 0 Å². The van der Waals surface area contributed by atoms with E-state index in [2.05, 4.69) is 5.32 Å². The fourth-order valence-electron chi connectivity index (χ4n) is 3.13. The van der Waals surface area contributed by atoms with E-state index in [0.717, 1.165) is 4.88 Å². The summed E-state index contributed by atoms with van der Waals surface area (Å²) in [6.07, 6.45) is 0.661. The van der Waals surface area contributed by atoms with E-state index in [1.807, 2.05) is 17.5 Å². The van der Waals surface area contributed by atoms with Gasteiger partial charge in [-0.3, -0.25) is 9.69 Å². The first kappa shape index (κ1) is 16.0. The van der Waals surface area contributed by atoms with E-state index >= 15 is 0 Å². The zero-order chi connectivity index (χ0) is 17.4. The summed E-state index contributed by atoms with van der Waals surface area (Å²) in [5.74, 6) is 1.01.